The quantitative estimate of drug-likeness (QED) is 0.473. The zero-order chi connectivity index (χ0) is 13.4. The molecule has 0 aliphatic heterocycles. The normalized spacial score (nSPS) is 11.8. The second-order valence-corrected chi connectivity index (χ2v) is 5.72. The first-order chi connectivity index (χ1) is 8.70. The van der Waals surface area contributed by atoms with Crippen molar-refractivity contribution < 1.29 is 4.74 Å². The van der Waals surface area contributed by atoms with Crippen molar-refractivity contribution in [2.24, 2.45) is 0 Å². The van der Waals surface area contributed by atoms with Crippen LogP contribution in [0.15, 0.2) is 28.7 Å². The molecule has 1 aromatic carbocycles. The molecular formula is C14H19BrCl2O. The van der Waals surface area contributed by atoms with Gasteiger partial charge in [0.05, 0.1) is 0 Å². The largest absolute Gasteiger partial charge is 0.382 e. The maximum Gasteiger partial charge on any atom is 0.0466 e. The van der Waals surface area contributed by atoms with Crippen LogP contribution in [0.25, 0.3) is 0 Å². The monoisotopic (exact) mass is 352 g/mol. The van der Waals surface area contributed by atoms with Crippen molar-refractivity contribution in [1.29, 1.82) is 0 Å². The van der Waals surface area contributed by atoms with E-state index in [2.05, 4.69) is 22.0 Å². The minimum atomic E-state index is -0.180. The van der Waals surface area contributed by atoms with Crippen LogP contribution in [-0.2, 0) is 10.2 Å². The highest BCUT2D eigenvalue weighted by molar-refractivity contribution is 9.10. The Morgan fingerprint density at radius 1 is 1.22 bits per heavy atom. The molecule has 0 saturated heterocycles. The summed E-state index contributed by atoms with van der Waals surface area (Å²) < 4.78 is 6.46. The Morgan fingerprint density at radius 3 is 2.44 bits per heavy atom. The molecule has 0 aromatic heterocycles. The lowest BCUT2D eigenvalue weighted by Crippen LogP contribution is -2.31. The van der Waals surface area contributed by atoms with Crippen LogP contribution in [0.3, 0.4) is 0 Å². The first kappa shape index (κ1) is 16.3. The lowest BCUT2D eigenvalue weighted by molar-refractivity contribution is 0.139. The average Bonchev–Trinajstić information content (AvgIpc) is 2.41. The van der Waals surface area contributed by atoms with Crippen LogP contribution in [0.1, 0.15) is 25.3 Å². The van der Waals surface area contributed by atoms with E-state index in [1.165, 1.54) is 5.56 Å². The third-order valence-electron chi connectivity index (χ3n) is 3.10. The standard InChI is InChI=1S/C14H19BrCl2O/c1-2-18-9-5-8-14(10-16,11-17)12-6-3-4-7-13(12)15/h3-4,6-7H,2,5,8-11H2,1H3. The van der Waals surface area contributed by atoms with Gasteiger partial charge in [-0.1, -0.05) is 34.1 Å². The van der Waals surface area contributed by atoms with Crippen LogP contribution in [0, 0.1) is 0 Å². The van der Waals surface area contributed by atoms with E-state index >= 15 is 0 Å². The molecule has 18 heavy (non-hydrogen) atoms. The Morgan fingerprint density at radius 2 is 1.89 bits per heavy atom. The van der Waals surface area contributed by atoms with E-state index < -0.39 is 0 Å². The van der Waals surface area contributed by atoms with Gasteiger partial charge < -0.3 is 4.74 Å². The summed E-state index contributed by atoms with van der Waals surface area (Å²) in [5.74, 6) is 1.04. The van der Waals surface area contributed by atoms with Gasteiger partial charge in [-0.05, 0) is 31.4 Å². The summed E-state index contributed by atoms with van der Waals surface area (Å²) in [5, 5.41) is 0. The molecule has 0 amide bonds. The molecule has 0 aliphatic rings. The molecule has 0 radical (unpaired) electrons. The molecule has 0 unspecified atom stereocenters. The fourth-order valence-electron chi connectivity index (χ4n) is 2.00. The first-order valence-electron chi connectivity index (χ1n) is 6.15. The molecule has 0 heterocycles. The highest BCUT2D eigenvalue weighted by Crippen LogP contribution is 2.36. The number of rotatable bonds is 8. The minimum Gasteiger partial charge on any atom is -0.382 e. The molecule has 0 spiro atoms. The van der Waals surface area contributed by atoms with E-state index in [-0.39, 0.29) is 5.41 Å². The van der Waals surface area contributed by atoms with Crippen molar-refractivity contribution in [1.82, 2.24) is 0 Å². The van der Waals surface area contributed by atoms with E-state index in [4.69, 9.17) is 27.9 Å². The molecule has 1 nitrogen and oxygen atoms in total. The number of hydrogen-bond donors (Lipinski definition) is 0. The molecule has 102 valence electrons. The average molecular weight is 354 g/mol. The van der Waals surface area contributed by atoms with Crippen molar-refractivity contribution in [3.8, 4) is 0 Å². The number of benzene rings is 1. The summed E-state index contributed by atoms with van der Waals surface area (Å²) in [6.45, 7) is 3.52. The smallest absolute Gasteiger partial charge is 0.0466 e. The maximum atomic E-state index is 6.20. The number of alkyl halides is 2. The van der Waals surface area contributed by atoms with Gasteiger partial charge >= 0.3 is 0 Å². The van der Waals surface area contributed by atoms with Gasteiger partial charge in [0.15, 0.2) is 0 Å². The summed E-state index contributed by atoms with van der Waals surface area (Å²) in [6, 6.07) is 8.15. The second-order valence-electron chi connectivity index (χ2n) is 4.33. The van der Waals surface area contributed by atoms with Crippen LogP contribution >= 0.6 is 39.1 Å². The molecule has 4 heteroatoms. The Kier molecular flexibility index (Phi) is 7.62. The summed E-state index contributed by atoms with van der Waals surface area (Å²) >= 11 is 16.0. The van der Waals surface area contributed by atoms with Crippen molar-refractivity contribution in [2.75, 3.05) is 25.0 Å². The number of halogens is 3. The summed E-state index contributed by atoms with van der Waals surface area (Å²) in [4.78, 5) is 0. The highest BCUT2D eigenvalue weighted by Gasteiger charge is 2.31. The van der Waals surface area contributed by atoms with E-state index in [0.717, 1.165) is 30.5 Å². The molecule has 0 fully saturated rings. The maximum absolute atomic E-state index is 6.20. The van der Waals surface area contributed by atoms with Crippen molar-refractivity contribution in [3.05, 3.63) is 34.3 Å². The van der Waals surface area contributed by atoms with Crippen LogP contribution in [0.4, 0.5) is 0 Å². The van der Waals surface area contributed by atoms with Crippen molar-refractivity contribution >= 4 is 39.1 Å². The first-order valence-corrected chi connectivity index (χ1v) is 8.01. The van der Waals surface area contributed by atoms with Crippen molar-refractivity contribution in [3.63, 3.8) is 0 Å². The summed E-state index contributed by atoms with van der Waals surface area (Å²) in [6.07, 6.45) is 1.90. The zero-order valence-electron chi connectivity index (χ0n) is 10.6. The Bertz CT molecular complexity index is 353. The fraction of sp³-hybridized carbons (Fsp3) is 0.571. The van der Waals surface area contributed by atoms with Gasteiger partial charge in [-0.25, -0.2) is 0 Å². The zero-order valence-corrected chi connectivity index (χ0v) is 13.7. The van der Waals surface area contributed by atoms with Gasteiger partial charge in [0.2, 0.25) is 0 Å². The van der Waals surface area contributed by atoms with E-state index in [1.54, 1.807) is 0 Å². The predicted octanol–water partition coefficient (Wildman–Crippen LogP) is 4.98. The van der Waals surface area contributed by atoms with E-state index in [9.17, 15) is 0 Å². The fourth-order valence-corrected chi connectivity index (χ4v) is 3.54. The molecule has 1 aromatic rings. The summed E-state index contributed by atoms with van der Waals surface area (Å²) in [7, 11) is 0. The predicted molar refractivity (Wildman–Crippen MR) is 83.0 cm³/mol. The topological polar surface area (TPSA) is 9.23 Å². The lowest BCUT2D eigenvalue weighted by Gasteiger charge is -2.31. The Hall–Kier alpha value is 0.240. The lowest BCUT2D eigenvalue weighted by atomic mass is 9.80. The van der Waals surface area contributed by atoms with Crippen LogP contribution < -0.4 is 0 Å². The molecule has 0 bridgehead atoms. The minimum absolute atomic E-state index is 0.180. The molecule has 1 rings (SSSR count). The van der Waals surface area contributed by atoms with Crippen LogP contribution in [0.2, 0.25) is 0 Å². The van der Waals surface area contributed by atoms with Gasteiger partial charge in [0.1, 0.15) is 0 Å². The highest BCUT2D eigenvalue weighted by atomic mass is 79.9. The van der Waals surface area contributed by atoms with Crippen LogP contribution in [-0.4, -0.2) is 25.0 Å². The SMILES string of the molecule is CCOCCCC(CCl)(CCl)c1ccccc1Br. The van der Waals surface area contributed by atoms with E-state index in [0.29, 0.717) is 11.8 Å². The molecule has 0 atom stereocenters. The van der Waals surface area contributed by atoms with E-state index in [1.807, 2.05) is 25.1 Å². The molecule has 0 aliphatic carbocycles. The Labute approximate surface area is 128 Å². The molecule has 0 N–H and O–H groups in total. The molecule has 0 saturated carbocycles. The van der Waals surface area contributed by atoms with Crippen molar-refractivity contribution in [2.45, 2.75) is 25.2 Å². The number of ether oxygens (including phenoxy) is 1. The van der Waals surface area contributed by atoms with Gasteiger partial charge in [-0.3, -0.25) is 0 Å². The van der Waals surface area contributed by atoms with Gasteiger partial charge in [-0.15, -0.1) is 23.2 Å². The molecular weight excluding hydrogens is 335 g/mol. The van der Waals surface area contributed by atoms with Crippen LogP contribution in [0.5, 0.6) is 0 Å². The Balaban J connectivity index is 2.83. The second kappa shape index (κ2) is 8.42. The number of hydrogen-bond acceptors (Lipinski definition) is 1. The van der Waals surface area contributed by atoms with Gasteiger partial charge in [-0.2, -0.15) is 0 Å². The summed E-state index contributed by atoms with van der Waals surface area (Å²) in [5.41, 5.74) is 1.01. The van der Waals surface area contributed by atoms with Gasteiger partial charge in [0, 0.05) is 34.9 Å². The van der Waals surface area contributed by atoms with Gasteiger partial charge in [0.25, 0.3) is 0 Å². The third kappa shape index (κ3) is 4.12. The third-order valence-corrected chi connectivity index (χ3v) is 4.82.